The minimum atomic E-state index is 1.06. The van der Waals surface area contributed by atoms with Crippen molar-refractivity contribution >= 4 is 32.3 Å². The Hall–Kier alpha value is -2.34. The summed E-state index contributed by atoms with van der Waals surface area (Å²) in [6, 6.07) is 22.4. The first-order valence-corrected chi connectivity index (χ1v) is 8.18. The maximum absolute atomic E-state index is 2.38. The Morgan fingerprint density at radius 2 is 1.41 bits per heavy atom. The number of fused-ring (bicyclic) bond motifs is 4. The van der Waals surface area contributed by atoms with Gasteiger partial charge in [0.1, 0.15) is 0 Å². The molecule has 0 fully saturated rings. The van der Waals surface area contributed by atoms with Gasteiger partial charge in [0, 0.05) is 0 Å². The molecule has 0 aromatic heterocycles. The highest BCUT2D eigenvalue weighted by molar-refractivity contribution is 6.15. The third-order valence-electron chi connectivity index (χ3n) is 4.82. The molecule has 4 aromatic rings. The quantitative estimate of drug-likeness (QED) is 0.300. The largest absolute Gasteiger partial charge is 0.0616 e. The van der Waals surface area contributed by atoms with Gasteiger partial charge in [-0.05, 0) is 62.4 Å². The van der Waals surface area contributed by atoms with E-state index >= 15 is 0 Å². The van der Waals surface area contributed by atoms with E-state index in [0.29, 0.717) is 0 Å². The Bertz CT molecular complexity index is 993. The molecule has 4 aromatic carbocycles. The standard InChI is InChI=1S/C22H20/c1-3-15-9-7-11-20-18(4-2)22-17(14-21(15)20)13-12-16-8-5-6-10-19(16)22/h5-14H,3-4H2,1-2H3. The molecule has 0 aliphatic heterocycles. The summed E-state index contributed by atoms with van der Waals surface area (Å²) in [4.78, 5) is 0. The minimum absolute atomic E-state index is 1.06. The summed E-state index contributed by atoms with van der Waals surface area (Å²) in [5.41, 5.74) is 2.93. The lowest BCUT2D eigenvalue weighted by molar-refractivity contribution is 1.15. The van der Waals surface area contributed by atoms with Crippen LogP contribution in [0.2, 0.25) is 0 Å². The molecule has 0 bridgehead atoms. The lowest BCUT2D eigenvalue weighted by Gasteiger charge is -2.14. The highest BCUT2D eigenvalue weighted by Crippen LogP contribution is 2.35. The van der Waals surface area contributed by atoms with Crippen LogP contribution in [0.25, 0.3) is 32.3 Å². The summed E-state index contributed by atoms with van der Waals surface area (Å²) < 4.78 is 0. The van der Waals surface area contributed by atoms with Crippen molar-refractivity contribution in [1.82, 2.24) is 0 Å². The summed E-state index contributed by atoms with van der Waals surface area (Å²) in [5, 5.41) is 8.34. The zero-order valence-electron chi connectivity index (χ0n) is 13.2. The molecule has 22 heavy (non-hydrogen) atoms. The number of aryl methyl sites for hydroxylation is 2. The molecule has 0 heteroatoms. The monoisotopic (exact) mass is 284 g/mol. The first-order chi connectivity index (χ1) is 10.8. The van der Waals surface area contributed by atoms with Crippen LogP contribution in [0.15, 0.2) is 60.7 Å². The molecular weight excluding hydrogens is 264 g/mol. The van der Waals surface area contributed by atoms with Crippen LogP contribution < -0.4 is 0 Å². The molecule has 4 rings (SSSR count). The molecule has 0 saturated heterocycles. The SMILES string of the molecule is CCc1cccc2c(CC)c3c(ccc4ccccc43)cc12. The Morgan fingerprint density at radius 3 is 2.23 bits per heavy atom. The van der Waals surface area contributed by atoms with Gasteiger partial charge in [-0.25, -0.2) is 0 Å². The van der Waals surface area contributed by atoms with Crippen molar-refractivity contribution < 1.29 is 0 Å². The Balaban J connectivity index is 2.29. The number of hydrogen-bond donors (Lipinski definition) is 0. The predicted molar refractivity (Wildman–Crippen MR) is 97.7 cm³/mol. The second kappa shape index (κ2) is 5.14. The molecule has 0 heterocycles. The fraction of sp³-hybridized carbons (Fsp3) is 0.182. The van der Waals surface area contributed by atoms with Crippen molar-refractivity contribution in [1.29, 1.82) is 0 Å². The molecule has 0 nitrogen and oxygen atoms in total. The number of hydrogen-bond acceptors (Lipinski definition) is 0. The second-order valence-electron chi connectivity index (χ2n) is 5.96. The molecule has 0 unspecified atom stereocenters. The summed E-state index contributed by atoms with van der Waals surface area (Å²) in [7, 11) is 0. The molecule has 0 N–H and O–H groups in total. The van der Waals surface area contributed by atoms with E-state index in [2.05, 4.69) is 74.5 Å². The molecule has 0 atom stereocenters. The van der Waals surface area contributed by atoms with Gasteiger partial charge < -0.3 is 0 Å². The van der Waals surface area contributed by atoms with Gasteiger partial charge in [0.2, 0.25) is 0 Å². The molecule has 0 saturated carbocycles. The van der Waals surface area contributed by atoms with E-state index in [4.69, 9.17) is 0 Å². The first kappa shape index (κ1) is 13.3. The topological polar surface area (TPSA) is 0 Å². The summed E-state index contributed by atoms with van der Waals surface area (Å²) in [6.45, 7) is 4.51. The molecule has 0 aliphatic carbocycles. The maximum atomic E-state index is 2.38. The van der Waals surface area contributed by atoms with E-state index in [1.54, 1.807) is 0 Å². The van der Waals surface area contributed by atoms with Crippen LogP contribution in [0.4, 0.5) is 0 Å². The fourth-order valence-electron chi connectivity index (χ4n) is 3.76. The van der Waals surface area contributed by atoms with Crippen LogP contribution in [0.5, 0.6) is 0 Å². The van der Waals surface area contributed by atoms with Gasteiger partial charge in [-0.1, -0.05) is 68.4 Å². The van der Waals surface area contributed by atoms with Gasteiger partial charge in [0.05, 0.1) is 0 Å². The third-order valence-corrected chi connectivity index (χ3v) is 4.82. The van der Waals surface area contributed by atoms with Gasteiger partial charge in [-0.15, -0.1) is 0 Å². The van der Waals surface area contributed by atoms with Crippen molar-refractivity contribution in [3.8, 4) is 0 Å². The second-order valence-corrected chi connectivity index (χ2v) is 5.96. The molecule has 108 valence electrons. The van der Waals surface area contributed by atoms with Crippen LogP contribution in [0.3, 0.4) is 0 Å². The Labute approximate surface area is 131 Å². The zero-order valence-corrected chi connectivity index (χ0v) is 13.2. The van der Waals surface area contributed by atoms with Crippen LogP contribution in [-0.2, 0) is 12.8 Å². The van der Waals surface area contributed by atoms with Crippen molar-refractivity contribution in [2.24, 2.45) is 0 Å². The summed E-state index contributed by atoms with van der Waals surface area (Å²) in [6.07, 6.45) is 2.15. The normalized spacial score (nSPS) is 11.5. The van der Waals surface area contributed by atoms with E-state index in [1.165, 1.54) is 43.4 Å². The van der Waals surface area contributed by atoms with Crippen molar-refractivity contribution in [3.63, 3.8) is 0 Å². The first-order valence-electron chi connectivity index (χ1n) is 8.18. The van der Waals surface area contributed by atoms with Crippen LogP contribution in [0, 0.1) is 0 Å². The maximum Gasteiger partial charge on any atom is -0.00670 e. The lowest BCUT2D eigenvalue weighted by Crippen LogP contribution is -1.92. The van der Waals surface area contributed by atoms with Gasteiger partial charge in [0.25, 0.3) is 0 Å². The Morgan fingerprint density at radius 1 is 0.636 bits per heavy atom. The number of benzene rings is 4. The lowest BCUT2D eigenvalue weighted by atomic mass is 9.89. The molecule has 0 amide bonds. The average molecular weight is 284 g/mol. The van der Waals surface area contributed by atoms with Crippen LogP contribution in [-0.4, -0.2) is 0 Å². The van der Waals surface area contributed by atoms with Gasteiger partial charge in [-0.2, -0.15) is 0 Å². The Kier molecular flexibility index (Phi) is 3.11. The molecule has 0 aliphatic rings. The van der Waals surface area contributed by atoms with E-state index in [0.717, 1.165) is 12.8 Å². The highest BCUT2D eigenvalue weighted by atomic mass is 14.1. The molecular formula is C22H20. The third kappa shape index (κ3) is 1.84. The van der Waals surface area contributed by atoms with E-state index < -0.39 is 0 Å². The zero-order chi connectivity index (χ0) is 15.1. The van der Waals surface area contributed by atoms with Gasteiger partial charge >= 0.3 is 0 Å². The van der Waals surface area contributed by atoms with E-state index in [9.17, 15) is 0 Å². The number of rotatable bonds is 2. The fourth-order valence-corrected chi connectivity index (χ4v) is 3.76. The smallest absolute Gasteiger partial charge is 0.00670 e. The van der Waals surface area contributed by atoms with Crippen LogP contribution in [0.1, 0.15) is 25.0 Å². The minimum Gasteiger partial charge on any atom is -0.0616 e. The van der Waals surface area contributed by atoms with Crippen molar-refractivity contribution in [3.05, 3.63) is 71.8 Å². The van der Waals surface area contributed by atoms with E-state index in [1.807, 2.05) is 0 Å². The summed E-state index contributed by atoms with van der Waals surface area (Å²) >= 11 is 0. The van der Waals surface area contributed by atoms with Crippen molar-refractivity contribution in [2.45, 2.75) is 26.7 Å². The average Bonchev–Trinajstić information content (AvgIpc) is 2.59. The highest BCUT2D eigenvalue weighted by Gasteiger charge is 2.11. The van der Waals surface area contributed by atoms with Crippen LogP contribution >= 0.6 is 0 Å². The van der Waals surface area contributed by atoms with Gasteiger partial charge in [-0.3, -0.25) is 0 Å². The molecule has 0 spiro atoms. The van der Waals surface area contributed by atoms with Gasteiger partial charge in [0.15, 0.2) is 0 Å². The molecule has 0 radical (unpaired) electrons. The summed E-state index contributed by atoms with van der Waals surface area (Å²) in [5.74, 6) is 0. The van der Waals surface area contributed by atoms with Crippen molar-refractivity contribution in [2.75, 3.05) is 0 Å². The predicted octanol–water partition coefficient (Wildman–Crippen LogP) is 6.27. The van der Waals surface area contributed by atoms with E-state index in [-0.39, 0.29) is 0 Å².